The molecule has 0 saturated heterocycles. The van der Waals surface area contributed by atoms with Crippen molar-refractivity contribution in [1.82, 2.24) is 0 Å². The molecule has 2 aromatic rings. The summed E-state index contributed by atoms with van der Waals surface area (Å²) in [6.07, 6.45) is 2.41. The SMILES string of the molecule is CCc1ccccc1C(=O)OCC=Nc1ccccc1. The summed E-state index contributed by atoms with van der Waals surface area (Å²) in [6, 6.07) is 17.0. The third-order valence-corrected chi connectivity index (χ3v) is 2.90. The van der Waals surface area contributed by atoms with Crippen molar-refractivity contribution in [2.24, 2.45) is 4.99 Å². The van der Waals surface area contributed by atoms with Crippen molar-refractivity contribution in [3.63, 3.8) is 0 Å². The summed E-state index contributed by atoms with van der Waals surface area (Å²) in [5.74, 6) is -0.304. The second kappa shape index (κ2) is 7.24. The summed E-state index contributed by atoms with van der Waals surface area (Å²) in [5, 5.41) is 0. The number of carbonyl (C=O) groups excluding carboxylic acids is 1. The van der Waals surface area contributed by atoms with Gasteiger partial charge in [0.2, 0.25) is 0 Å². The molecular formula is C17H17NO2. The maximum Gasteiger partial charge on any atom is 0.338 e. The summed E-state index contributed by atoms with van der Waals surface area (Å²) in [5.41, 5.74) is 2.47. The van der Waals surface area contributed by atoms with E-state index >= 15 is 0 Å². The number of nitrogens with zero attached hydrogens (tertiary/aromatic N) is 1. The van der Waals surface area contributed by atoms with Gasteiger partial charge in [0.05, 0.1) is 11.3 Å². The average molecular weight is 267 g/mol. The van der Waals surface area contributed by atoms with Gasteiger partial charge in [-0.1, -0.05) is 43.3 Å². The molecule has 0 aliphatic heterocycles. The minimum absolute atomic E-state index is 0.172. The van der Waals surface area contributed by atoms with Crippen LogP contribution in [0.5, 0.6) is 0 Å². The van der Waals surface area contributed by atoms with Gasteiger partial charge in [-0.2, -0.15) is 0 Å². The lowest BCUT2D eigenvalue weighted by atomic mass is 10.1. The van der Waals surface area contributed by atoms with Gasteiger partial charge < -0.3 is 4.74 Å². The Balaban J connectivity index is 1.91. The monoisotopic (exact) mass is 267 g/mol. The molecule has 0 atom stereocenters. The Morgan fingerprint density at radius 1 is 1.10 bits per heavy atom. The first-order valence-electron chi connectivity index (χ1n) is 6.64. The highest BCUT2D eigenvalue weighted by molar-refractivity contribution is 5.91. The molecule has 0 aromatic heterocycles. The molecule has 0 spiro atoms. The van der Waals surface area contributed by atoms with Gasteiger partial charge in [0.25, 0.3) is 0 Å². The molecule has 3 nitrogen and oxygen atoms in total. The molecule has 0 N–H and O–H groups in total. The van der Waals surface area contributed by atoms with Gasteiger partial charge in [-0.25, -0.2) is 4.79 Å². The Kier molecular flexibility index (Phi) is 5.07. The number of hydrogen-bond acceptors (Lipinski definition) is 3. The Morgan fingerprint density at radius 3 is 2.55 bits per heavy atom. The second-order valence-electron chi connectivity index (χ2n) is 4.26. The highest BCUT2D eigenvalue weighted by atomic mass is 16.5. The quantitative estimate of drug-likeness (QED) is 0.610. The van der Waals surface area contributed by atoms with E-state index in [-0.39, 0.29) is 12.6 Å². The Bertz CT molecular complexity index is 591. The lowest BCUT2D eigenvalue weighted by molar-refractivity contribution is 0.0566. The van der Waals surface area contributed by atoms with Crippen molar-refractivity contribution < 1.29 is 9.53 Å². The molecule has 102 valence electrons. The number of esters is 1. The fourth-order valence-electron chi connectivity index (χ4n) is 1.88. The van der Waals surface area contributed by atoms with Crippen molar-refractivity contribution in [3.8, 4) is 0 Å². The molecule has 0 bridgehead atoms. The van der Waals surface area contributed by atoms with Gasteiger partial charge in [0.1, 0.15) is 6.61 Å². The maximum absolute atomic E-state index is 12.0. The van der Waals surface area contributed by atoms with Crippen LogP contribution in [0.1, 0.15) is 22.8 Å². The lowest BCUT2D eigenvalue weighted by Crippen LogP contribution is -2.09. The van der Waals surface area contributed by atoms with Crippen LogP contribution in [-0.4, -0.2) is 18.8 Å². The number of ether oxygens (including phenoxy) is 1. The molecule has 3 heteroatoms. The molecular weight excluding hydrogens is 250 g/mol. The zero-order chi connectivity index (χ0) is 14.2. The van der Waals surface area contributed by atoms with Crippen LogP contribution in [-0.2, 0) is 11.2 Å². The summed E-state index contributed by atoms with van der Waals surface area (Å²) in [4.78, 5) is 16.2. The van der Waals surface area contributed by atoms with Crippen LogP contribution in [0, 0.1) is 0 Å². The van der Waals surface area contributed by atoms with Crippen LogP contribution in [0.4, 0.5) is 5.69 Å². The molecule has 0 radical (unpaired) electrons. The largest absolute Gasteiger partial charge is 0.456 e. The number of rotatable bonds is 5. The van der Waals surface area contributed by atoms with Crippen molar-refractivity contribution in [2.75, 3.05) is 6.61 Å². The standard InChI is InChI=1S/C17H17NO2/c1-2-14-8-6-7-11-16(14)17(19)20-13-12-18-15-9-4-3-5-10-15/h3-12H,2,13H2,1H3. The van der Waals surface area contributed by atoms with Gasteiger partial charge in [-0.3, -0.25) is 4.99 Å². The zero-order valence-corrected chi connectivity index (χ0v) is 11.5. The molecule has 2 rings (SSSR count). The first-order valence-corrected chi connectivity index (χ1v) is 6.64. The Morgan fingerprint density at radius 2 is 1.80 bits per heavy atom. The summed E-state index contributed by atoms with van der Waals surface area (Å²) in [7, 11) is 0. The fourth-order valence-corrected chi connectivity index (χ4v) is 1.88. The molecule has 20 heavy (non-hydrogen) atoms. The van der Waals surface area contributed by atoms with E-state index in [9.17, 15) is 4.79 Å². The van der Waals surface area contributed by atoms with E-state index in [0.29, 0.717) is 5.56 Å². The first kappa shape index (κ1) is 14.0. The molecule has 0 heterocycles. The molecule has 0 aliphatic rings. The predicted octanol–water partition coefficient (Wildman–Crippen LogP) is 3.81. The molecule has 2 aromatic carbocycles. The van der Waals surface area contributed by atoms with Gasteiger partial charge in [0, 0.05) is 6.21 Å². The van der Waals surface area contributed by atoms with Crippen LogP contribution < -0.4 is 0 Å². The average Bonchev–Trinajstić information content (AvgIpc) is 2.52. The third kappa shape index (κ3) is 3.79. The predicted molar refractivity (Wildman–Crippen MR) is 80.7 cm³/mol. The van der Waals surface area contributed by atoms with E-state index in [1.165, 1.54) is 0 Å². The number of aliphatic imine (C=N–C) groups is 1. The normalized spacial score (nSPS) is 10.7. The second-order valence-corrected chi connectivity index (χ2v) is 4.26. The molecule has 0 aliphatic carbocycles. The summed E-state index contributed by atoms with van der Waals surface area (Å²) in [6.45, 7) is 2.19. The Hall–Kier alpha value is -2.42. The van der Waals surface area contributed by atoms with E-state index in [0.717, 1.165) is 17.7 Å². The van der Waals surface area contributed by atoms with E-state index in [1.807, 2.05) is 55.5 Å². The number of aryl methyl sites for hydroxylation is 1. The number of carbonyl (C=O) groups is 1. The van der Waals surface area contributed by atoms with Crippen LogP contribution in [0.15, 0.2) is 59.6 Å². The molecule has 0 saturated carbocycles. The van der Waals surface area contributed by atoms with Gasteiger partial charge in [0.15, 0.2) is 0 Å². The molecule has 0 amide bonds. The van der Waals surface area contributed by atoms with Gasteiger partial charge in [-0.05, 0) is 30.2 Å². The lowest BCUT2D eigenvalue weighted by Gasteiger charge is -2.06. The van der Waals surface area contributed by atoms with Crippen molar-refractivity contribution >= 4 is 17.9 Å². The van der Waals surface area contributed by atoms with Crippen LogP contribution in [0.25, 0.3) is 0 Å². The van der Waals surface area contributed by atoms with E-state index in [4.69, 9.17) is 4.74 Å². The number of hydrogen-bond donors (Lipinski definition) is 0. The molecule has 0 fully saturated rings. The minimum atomic E-state index is -0.304. The van der Waals surface area contributed by atoms with Crippen molar-refractivity contribution in [3.05, 3.63) is 65.7 Å². The summed E-state index contributed by atoms with van der Waals surface area (Å²) < 4.78 is 5.20. The van der Waals surface area contributed by atoms with E-state index in [2.05, 4.69) is 4.99 Å². The third-order valence-electron chi connectivity index (χ3n) is 2.90. The van der Waals surface area contributed by atoms with E-state index in [1.54, 1.807) is 12.3 Å². The smallest absolute Gasteiger partial charge is 0.338 e. The van der Waals surface area contributed by atoms with Crippen LogP contribution >= 0.6 is 0 Å². The summed E-state index contributed by atoms with van der Waals surface area (Å²) >= 11 is 0. The highest BCUT2D eigenvalue weighted by Crippen LogP contribution is 2.11. The van der Waals surface area contributed by atoms with Crippen molar-refractivity contribution in [2.45, 2.75) is 13.3 Å². The topological polar surface area (TPSA) is 38.7 Å². The van der Waals surface area contributed by atoms with Gasteiger partial charge >= 0.3 is 5.97 Å². The Labute approximate surface area is 118 Å². The highest BCUT2D eigenvalue weighted by Gasteiger charge is 2.09. The van der Waals surface area contributed by atoms with Crippen molar-refractivity contribution in [1.29, 1.82) is 0 Å². The maximum atomic E-state index is 12.0. The number of para-hydroxylation sites is 1. The zero-order valence-electron chi connectivity index (χ0n) is 11.5. The molecule has 0 unspecified atom stereocenters. The van der Waals surface area contributed by atoms with Gasteiger partial charge in [-0.15, -0.1) is 0 Å². The minimum Gasteiger partial charge on any atom is -0.456 e. The fraction of sp³-hybridized carbons (Fsp3) is 0.176. The van der Waals surface area contributed by atoms with E-state index < -0.39 is 0 Å². The number of benzene rings is 2. The van der Waals surface area contributed by atoms with Crippen LogP contribution in [0.3, 0.4) is 0 Å². The van der Waals surface area contributed by atoms with Crippen LogP contribution in [0.2, 0.25) is 0 Å². The first-order chi connectivity index (χ1) is 9.81.